The summed E-state index contributed by atoms with van der Waals surface area (Å²) in [5.74, 6) is 2.09. The van der Waals surface area contributed by atoms with Gasteiger partial charge in [0.05, 0.1) is 6.61 Å². The Labute approximate surface area is 266 Å². The van der Waals surface area contributed by atoms with Crippen LogP contribution >= 0.6 is 8.15 Å². The van der Waals surface area contributed by atoms with Crippen LogP contribution in [0, 0.1) is 0 Å². The monoisotopic (exact) mass is 610 g/mol. The van der Waals surface area contributed by atoms with Crippen molar-refractivity contribution >= 4 is 8.15 Å². The summed E-state index contributed by atoms with van der Waals surface area (Å²) in [6.45, 7) is 30.7. The van der Waals surface area contributed by atoms with Crippen molar-refractivity contribution in [1.29, 1.82) is 0 Å². The van der Waals surface area contributed by atoms with E-state index < -0.39 is 8.15 Å². The van der Waals surface area contributed by atoms with E-state index in [4.69, 9.17) is 14.0 Å². The van der Waals surface area contributed by atoms with E-state index in [0.717, 1.165) is 30.9 Å². The molecular weight excluding hydrogens is 547 g/mol. The van der Waals surface area contributed by atoms with Gasteiger partial charge in [-0.05, 0) is 50.3 Å². The summed E-state index contributed by atoms with van der Waals surface area (Å²) >= 11 is 0. The Morgan fingerprint density at radius 2 is 1.00 bits per heavy atom. The average Bonchev–Trinajstić information content (AvgIpc) is 2.87. The molecule has 0 spiro atoms. The molecule has 0 amide bonds. The molecule has 0 aromatic heterocycles. The van der Waals surface area contributed by atoms with Gasteiger partial charge in [0.15, 0.2) is 0 Å². The number of ether oxygens (including phenoxy) is 2. The molecule has 242 valence electrons. The Kier molecular flexibility index (Phi) is 11.9. The fraction of sp³-hybridized carbons (Fsp3) is 0.692. The van der Waals surface area contributed by atoms with Crippen LogP contribution in [0.2, 0.25) is 0 Å². The Morgan fingerprint density at radius 1 is 0.581 bits per heavy atom. The molecule has 0 unspecified atom stereocenters. The zero-order valence-electron chi connectivity index (χ0n) is 30.1. The second-order valence-corrected chi connectivity index (χ2v) is 18.6. The lowest BCUT2D eigenvalue weighted by Crippen LogP contribution is -2.22. The number of hydrogen-bond donors (Lipinski definition) is 0. The van der Waals surface area contributed by atoms with Crippen molar-refractivity contribution in [2.24, 2.45) is 0 Å². The highest BCUT2D eigenvalue weighted by atomic mass is 31.1. The summed E-state index contributed by atoms with van der Waals surface area (Å²) in [5.41, 5.74) is 7.72. The Morgan fingerprint density at radius 3 is 1.40 bits per heavy atom. The number of fused-ring (bicyclic) bond motifs is 2. The molecule has 0 fully saturated rings. The second-order valence-electron chi connectivity index (χ2n) is 16.8. The van der Waals surface area contributed by atoms with Gasteiger partial charge < -0.3 is 14.0 Å². The average molecular weight is 611 g/mol. The maximum absolute atomic E-state index is 6.85. The van der Waals surface area contributed by atoms with E-state index in [2.05, 4.69) is 114 Å². The molecule has 2 aromatic rings. The highest BCUT2D eigenvalue weighted by Crippen LogP contribution is 2.47. The van der Waals surface area contributed by atoms with Crippen LogP contribution in [0.1, 0.15) is 162 Å². The fourth-order valence-corrected chi connectivity index (χ4v) is 6.78. The van der Waals surface area contributed by atoms with Crippen LogP contribution in [-0.4, -0.2) is 19.3 Å². The second kappa shape index (κ2) is 14.2. The predicted octanol–water partition coefficient (Wildman–Crippen LogP) is 11.9. The largest absolute Gasteiger partial charge is 0.486 e. The molecule has 0 saturated carbocycles. The molecule has 3 rings (SSSR count). The lowest BCUT2D eigenvalue weighted by Gasteiger charge is -2.33. The SMILES string of the molecule is CCCCCCCCOP1COc2c(cc(C(C)(C)C)cc2C(C)(C)C)Cc2cc(C(C)(C)C)cc(C(C)(C)C)c2OC1. The van der Waals surface area contributed by atoms with Crippen LogP contribution < -0.4 is 9.47 Å². The number of rotatable bonds is 8. The molecule has 0 saturated heterocycles. The van der Waals surface area contributed by atoms with Crippen LogP contribution in [0.4, 0.5) is 0 Å². The van der Waals surface area contributed by atoms with E-state index in [9.17, 15) is 0 Å². The first-order chi connectivity index (χ1) is 19.8. The highest BCUT2D eigenvalue weighted by Gasteiger charge is 2.31. The van der Waals surface area contributed by atoms with Gasteiger partial charge in [0.2, 0.25) is 0 Å². The van der Waals surface area contributed by atoms with E-state index in [0.29, 0.717) is 12.7 Å². The first-order valence-electron chi connectivity index (χ1n) is 16.8. The molecular formula is C39H63O3P. The summed E-state index contributed by atoms with van der Waals surface area (Å²) in [6.07, 6.45) is 9.43. The highest BCUT2D eigenvalue weighted by molar-refractivity contribution is 7.52. The van der Waals surface area contributed by atoms with Gasteiger partial charge in [-0.1, -0.05) is 146 Å². The maximum Gasteiger partial charge on any atom is 0.135 e. The molecule has 1 heterocycles. The molecule has 2 aromatic carbocycles. The van der Waals surface area contributed by atoms with Crippen molar-refractivity contribution in [3.8, 4) is 11.5 Å². The minimum atomic E-state index is -0.922. The third-order valence-corrected chi connectivity index (χ3v) is 9.92. The lowest BCUT2D eigenvalue weighted by molar-refractivity contribution is 0.278. The quantitative estimate of drug-likeness (QED) is 0.220. The number of unbranched alkanes of at least 4 members (excludes halogenated alkanes) is 5. The third kappa shape index (κ3) is 9.96. The van der Waals surface area contributed by atoms with Crippen molar-refractivity contribution in [3.63, 3.8) is 0 Å². The first-order valence-corrected chi connectivity index (χ1v) is 18.4. The van der Waals surface area contributed by atoms with Gasteiger partial charge >= 0.3 is 0 Å². The van der Waals surface area contributed by atoms with E-state index in [1.54, 1.807) is 0 Å². The first kappa shape index (κ1) is 35.9. The molecule has 0 atom stereocenters. The maximum atomic E-state index is 6.85. The van der Waals surface area contributed by atoms with Crippen molar-refractivity contribution in [2.75, 3.05) is 19.3 Å². The van der Waals surface area contributed by atoms with Gasteiger partial charge in [0.25, 0.3) is 0 Å². The molecule has 0 bridgehead atoms. The Balaban J connectivity index is 2.16. The molecule has 1 aliphatic rings. The van der Waals surface area contributed by atoms with E-state index in [-0.39, 0.29) is 21.7 Å². The minimum absolute atomic E-state index is 0.0281. The van der Waals surface area contributed by atoms with Gasteiger partial charge in [-0.2, -0.15) is 0 Å². The van der Waals surface area contributed by atoms with Crippen LogP contribution in [0.25, 0.3) is 0 Å². The summed E-state index contributed by atoms with van der Waals surface area (Å²) in [7, 11) is -0.922. The van der Waals surface area contributed by atoms with Gasteiger partial charge in [0.1, 0.15) is 32.3 Å². The standard InChI is InChI=1S/C39H63O3P/c1-14-15-16-17-18-19-20-42-43-26-40-34-28(22-30(36(2,3)4)24-32(34)38(8,9)10)21-29-23-31(37(5,6)7)25-33(39(11,12)13)35(29)41-27-43/h22-25H,14-21,26-27H2,1-13H3. The molecule has 43 heavy (non-hydrogen) atoms. The Bertz CT molecular complexity index is 1120. The number of benzene rings is 2. The summed E-state index contributed by atoms with van der Waals surface area (Å²) < 4.78 is 20.3. The molecule has 0 aliphatic carbocycles. The molecule has 0 radical (unpaired) electrons. The van der Waals surface area contributed by atoms with Crippen LogP contribution in [0.5, 0.6) is 11.5 Å². The van der Waals surface area contributed by atoms with E-state index in [1.165, 1.54) is 65.5 Å². The van der Waals surface area contributed by atoms with Crippen molar-refractivity contribution in [1.82, 2.24) is 0 Å². The summed E-state index contributed by atoms with van der Waals surface area (Å²) in [5, 5.41) is 0. The lowest BCUT2D eigenvalue weighted by atomic mass is 9.76. The molecule has 3 nitrogen and oxygen atoms in total. The zero-order valence-corrected chi connectivity index (χ0v) is 30.9. The normalized spacial score (nSPS) is 15.4. The topological polar surface area (TPSA) is 27.7 Å². The molecule has 0 N–H and O–H groups in total. The molecule has 1 aliphatic heterocycles. The molecule has 4 heteroatoms. The van der Waals surface area contributed by atoms with Crippen molar-refractivity contribution in [3.05, 3.63) is 57.6 Å². The predicted molar refractivity (Wildman–Crippen MR) is 188 cm³/mol. The summed E-state index contributed by atoms with van der Waals surface area (Å²) in [6, 6.07) is 9.59. The zero-order chi connectivity index (χ0) is 32.2. The van der Waals surface area contributed by atoms with Crippen LogP contribution in [0.3, 0.4) is 0 Å². The third-order valence-electron chi connectivity index (χ3n) is 8.54. The minimum Gasteiger partial charge on any atom is -0.486 e. The fourth-order valence-electron chi connectivity index (χ4n) is 5.63. The van der Waals surface area contributed by atoms with Gasteiger partial charge in [0, 0.05) is 17.5 Å². The number of hydrogen-bond acceptors (Lipinski definition) is 3. The Hall–Kier alpha value is -1.57. The van der Waals surface area contributed by atoms with Gasteiger partial charge in [-0.3, -0.25) is 0 Å². The van der Waals surface area contributed by atoms with Crippen molar-refractivity contribution in [2.45, 2.75) is 157 Å². The van der Waals surface area contributed by atoms with Gasteiger partial charge in [-0.25, -0.2) is 0 Å². The van der Waals surface area contributed by atoms with E-state index in [1.807, 2.05) is 0 Å². The van der Waals surface area contributed by atoms with E-state index >= 15 is 0 Å². The van der Waals surface area contributed by atoms with Gasteiger partial charge in [-0.15, -0.1) is 0 Å². The summed E-state index contributed by atoms with van der Waals surface area (Å²) in [4.78, 5) is 0. The van der Waals surface area contributed by atoms with Crippen LogP contribution in [0.15, 0.2) is 24.3 Å². The smallest absolute Gasteiger partial charge is 0.135 e. The van der Waals surface area contributed by atoms with Crippen LogP contribution in [-0.2, 0) is 32.6 Å². The van der Waals surface area contributed by atoms with Crippen molar-refractivity contribution < 1.29 is 14.0 Å².